The fourth-order valence-electron chi connectivity index (χ4n) is 4.18. The maximum absolute atomic E-state index is 12.3. The summed E-state index contributed by atoms with van der Waals surface area (Å²) >= 11 is 6.32. The van der Waals surface area contributed by atoms with Crippen molar-refractivity contribution in [1.82, 2.24) is 4.90 Å². The zero-order valence-electron chi connectivity index (χ0n) is 20.8. The van der Waals surface area contributed by atoms with Gasteiger partial charge < -0.3 is 15.0 Å². The van der Waals surface area contributed by atoms with Crippen LogP contribution in [0.5, 0.6) is 5.75 Å². The number of hydrogen-bond acceptors (Lipinski definition) is 4. The minimum Gasteiger partial charge on any atom is -0.484 e. The molecule has 6 heteroatoms. The molecular formula is C29H34ClN3O2. The molecule has 5 nitrogen and oxygen atoms in total. The molecule has 0 radical (unpaired) electrons. The molecule has 1 saturated heterocycles. The van der Waals surface area contributed by atoms with E-state index < -0.39 is 0 Å². The summed E-state index contributed by atoms with van der Waals surface area (Å²) in [5.41, 5.74) is 4.43. The third-order valence-corrected chi connectivity index (χ3v) is 6.70. The Morgan fingerprint density at radius 3 is 2.20 bits per heavy atom. The largest absolute Gasteiger partial charge is 0.484 e. The van der Waals surface area contributed by atoms with E-state index in [0.29, 0.717) is 5.75 Å². The van der Waals surface area contributed by atoms with Crippen LogP contribution in [0.1, 0.15) is 31.9 Å². The highest BCUT2D eigenvalue weighted by molar-refractivity contribution is 6.31. The van der Waals surface area contributed by atoms with Crippen LogP contribution in [0.2, 0.25) is 5.02 Å². The number of carbonyl (C=O) groups excluding carboxylic acids is 1. The van der Waals surface area contributed by atoms with Gasteiger partial charge in [0.05, 0.1) is 0 Å². The van der Waals surface area contributed by atoms with Crippen LogP contribution in [0.3, 0.4) is 0 Å². The predicted octanol–water partition coefficient (Wildman–Crippen LogP) is 5.98. The van der Waals surface area contributed by atoms with Gasteiger partial charge in [0.1, 0.15) is 5.75 Å². The SMILES string of the molecule is CC(C)(C)c1ccc(OCC(=O)Nc2ccc(N3CCN(Cc4ccccc4Cl)CC3)cc2)cc1. The Kier molecular flexibility index (Phi) is 7.99. The van der Waals surface area contributed by atoms with Crippen LogP contribution in [0.4, 0.5) is 11.4 Å². The second-order valence-electron chi connectivity index (χ2n) is 10.0. The molecule has 0 aliphatic carbocycles. The lowest BCUT2D eigenvalue weighted by Crippen LogP contribution is -2.46. The zero-order valence-corrected chi connectivity index (χ0v) is 21.5. The van der Waals surface area contributed by atoms with Gasteiger partial charge in [-0.2, -0.15) is 0 Å². The first-order valence-corrected chi connectivity index (χ1v) is 12.5. The van der Waals surface area contributed by atoms with Crippen molar-refractivity contribution < 1.29 is 9.53 Å². The van der Waals surface area contributed by atoms with Crippen molar-refractivity contribution in [3.63, 3.8) is 0 Å². The number of piperazine rings is 1. The van der Waals surface area contributed by atoms with Crippen molar-refractivity contribution >= 4 is 28.9 Å². The fraction of sp³-hybridized carbons (Fsp3) is 0.345. The predicted molar refractivity (Wildman–Crippen MR) is 145 cm³/mol. The fourth-order valence-corrected chi connectivity index (χ4v) is 4.38. The highest BCUT2D eigenvalue weighted by Gasteiger charge is 2.18. The Labute approximate surface area is 213 Å². The van der Waals surface area contributed by atoms with Crippen molar-refractivity contribution in [3.8, 4) is 5.75 Å². The van der Waals surface area contributed by atoms with Gasteiger partial charge in [-0.1, -0.05) is 62.7 Å². The van der Waals surface area contributed by atoms with Crippen LogP contribution in [0.15, 0.2) is 72.8 Å². The van der Waals surface area contributed by atoms with E-state index >= 15 is 0 Å². The summed E-state index contributed by atoms with van der Waals surface area (Å²) in [7, 11) is 0. The Balaban J connectivity index is 1.22. The molecule has 0 aromatic heterocycles. The number of hydrogen-bond donors (Lipinski definition) is 1. The van der Waals surface area contributed by atoms with E-state index in [4.69, 9.17) is 16.3 Å². The number of amides is 1. The smallest absolute Gasteiger partial charge is 0.262 e. The van der Waals surface area contributed by atoms with Crippen molar-refractivity contribution in [2.24, 2.45) is 0 Å². The first kappa shape index (κ1) is 25.1. The monoisotopic (exact) mass is 491 g/mol. The van der Waals surface area contributed by atoms with Gasteiger partial charge >= 0.3 is 0 Å². The molecule has 0 atom stereocenters. The molecule has 1 amide bonds. The molecule has 35 heavy (non-hydrogen) atoms. The summed E-state index contributed by atoms with van der Waals surface area (Å²) in [6.07, 6.45) is 0. The van der Waals surface area contributed by atoms with Crippen molar-refractivity contribution in [3.05, 3.63) is 88.9 Å². The van der Waals surface area contributed by atoms with Crippen LogP contribution in [0, 0.1) is 0 Å². The molecule has 1 fully saturated rings. The van der Waals surface area contributed by atoms with E-state index in [1.54, 1.807) is 0 Å². The molecule has 1 heterocycles. The van der Waals surface area contributed by atoms with Gasteiger partial charge in [0.15, 0.2) is 6.61 Å². The van der Waals surface area contributed by atoms with Crippen LogP contribution >= 0.6 is 11.6 Å². The summed E-state index contributed by atoms with van der Waals surface area (Å²) in [6.45, 7) is 11.2. The second-order valence-corrected chi connectivity index (χ2v) is 10.4. The molecule has 0 spiro atoms. The van der Waals surface area contributed by atoms with Gasteiger partial charge in [-0.15, -0.1) is 0 Å². The van der Waals surface area contributed by atoms with Gasteiger partial charge in [0.2, 0.25) is 0 Å². The van der Waals surface area contributed by atoms with Gasteiger partial charge in [0, 0.05) is 49.1 Å². The van der Waals surface area contributed by atoms with E-state index in [9.17, 15) is 4.79 Å². The normalized spacial score (nSPS) is 14.6. The van der Waals surface area contributed by atoms with E-state index in [-0.39, 0.29) is 17.9 Å². The number of nitrogens with one attached hydrogen (secondary N) is 1. The molecule has 4 rings (SSSR count). The van der Waals surface area contributed by atoms with E-state index in [0.717, 1.165) is 49.1 Å². The quantitative estimate of drug-likeness (QED) is 0.441. The summed E-state index contributed by atoms with van der Waals surface area (Å²) < 4.78 is 5.65. The summed E-state index contributed by atoms with van der Waals surface area (Å²) in [5.74, 6) is 0.517. The Bertz CT molecular complexity index is 1120. The molecule has 1 aliphatic heterocycles. The van der Waals surface area contributed by atoms with Gasteiger partial charge in [0.25, 0.3) is 5.91 Å². The average molecular weight is 492 g/mol. The lowest BCUT2D eigenvalue weighted by Gasteiger charge is -2.36. The van der Waals surface area contributed by atoms with Crippen molar-refractivity contribution in [2.45, 2.75) is 32.7 Å². The number of carbonyl (C=O) groups is 1. The molecule has 3 aromatic rings. The number of rotatable bonds is 7. The molecule has 3 aromatic carbocycles. The van der Waals surface area contributed by atoms with E-state index in [1.165, 1.54) is 11.1 Å². The Hall–Kier alpha value is -3.02. The first-order valence-electron chi connectivity index (χ1n) is 12.1. The maximum Gasteiger partial charge on any atom is 0.262 e. The Morgan fingerprint density at radius 1 is 0.914 bits per heavy atom. The molecular weight excluding hydrogens is 458 g/mol. The number of nitrogens with zero attached hydrogens (tertiary/aromatic N) is 2. The number of anilines is 2. The van der Waals surface area contributed by atoms with Crippen molar-refractivity contribution in [2.75, 3.05) is 43.0 Å². The minimum absolute atomic E-state index is 0.0238. The third-order valence-electron chi connectivity index (χ3n) is 6.33. The second kappa shape index (κ2) is 11.1. The van der Waals surface area contributed by atoms with Gasteiger partial charge in [-0.25, -0.2) is 0 Å². The number of halogens is 1. The third kappa shape index (κ3) is 7.00. The Morgan fingerprint density at radius 2 is 1.57 bits per heavy atom. The van der Waals surface area contributed by atoms with Gasteiger partial charge in [-0.05, 0) is 59.0 Å². The average Bonchev–Trinajstić information content (AvgIpc) is 2.85. The van der Waals surface area contributed by atoms with E-state index in [1.807, 2.05) is 54.6 Å². The van der Waals surface area contributed by atoms with Gasteiger partial charge in [-0.3, -0.25) is 9.69 Å². The molecule has 0 saturated carbocycles. The molecule has 1 aliphatic rings. The lowest BCUT2D eigenvalue weighted by molar-refractivity contribution is -0.118. The highest BCUT2D eigenvalue weighted by Crippen LogP contribution is 2.25. The van der Waals surface area contributed by atoms with Crippen LogP contribution in [-0.2, 0) is 16.8 Å². The van der Waals surface area contributed by atoms with Crippen LogP contribution in [-0.4, -0.2) is 43.6 Å². The topological polar surface area (TPSA) is 44.8 Å². The zero-order chi connectivity index (χ0) is 24.8. The standard InChI is InChI=1S/C29H34ClN3O2/c1-29(2,3)23-8-14-26(15-9-23)35-21-28(34)31-24-10-12-25(13-11-24)33-18-16-32(17-19-33)20-22-6-4-5-7-27(22)30/h4-15H,16-21H2,1-3H3,(H,31,34). The molecule has 184 valence electrons. The number of ether oxygens (including phenoxy) is 1. The van der Waals surface area contributed by atoms with E-state index in [2.05, 4.69) is 54.1 Å². The summed E-state index contributed by atoms with van der Waals surface area (Å²) in [4.78, 5) is 17.2. The lowest BCUT2D eigenvalue weighted by atomic mass is 9.87. The first-order chi connectivity index (χ1) is 16.8. The van der Waals surface area contributed by atoms with Crippen LogP contribution in [0.25, 0.3) is 0 Å². The molecule has 0 unspecified atom stereocenters. The van der Waals surface area contributed by atoms with Crippen molar-refractivity contribution in [1.29, 1.82) is 0 Å². The summed E-state index contributed by atoms with van der Waals surface area (Å²) in [5, 5.41) is 3.74. The maximum atomic E-state index is 12.3. The molecule has 1 N–H and O–H groups in total. The minimum atomic E-state index is -0.175. The molecule has 0 bridgehead atoms. The summed E-state index contributed by atoms with van der Waals surface area (Å²) in [6, 6.07) is 24.0. The number of benzene rings is 3. The highest BCUT2D eigenvalue weighted by atomic mass is 35.5. The van der Waals surface area contributed by atoms with Crippen LogP contribution < -0.4 is 15.0 Å².